The molecule has 0 bridgehead atoms. The van der Waals surface area contributed by atoms with E-state index in [0.29, 0.717) is 34.3 Å². The zero-order valence-electron chi connectivity index (χ0n) is 15.7. The van der Waals surface area contributed by atoms with Crippen molar-refractivity contribution in [1.82, 2.24) is 10.2 Å². The highest BCUT2D eigenvalue weighted by Gasteiger charge is 2.35. The quantitative estimate of drug-likeness (QED) is 0.775. The van der Waals surface area contributed by atoms with E-state index in [1.807, 2.05) is 31.2 Å². The third-order valence-corrected chi connectivity index (χ3v) is 5.33. The van der Waals surface area contributed by atoms with Crippen molar-refractivity contribution in [2.24, 2.45) is 0 Å². The summed E-state index contributed by atoms with van der Waals surface area (Å²) in [7, 11) is 1.60. The molecule has 2 aromatic carbocycles. The number of nitrogens with one attached hydrogen (secondary N) is 1. The molecule has 7 heteroatoms. The van der Waals surface area contributed by atoms with E-state index in [1.165, 1.54) is 0 Å². The predicted octanol–water partition coefficient (Wildman–Crippen LogP) is 4.48. The lowest BCUT2D eigenvalue weighted by Crippen LogP contribution is -2.46. The molecule has 1 aliphatic heterocycles. The summed E-state index contributed by atoms with van der Waals surface area (Å²) in [6, 6.07) is 11.5. The normalized spacial score (nSPS) is 17.3. The molecule has 1 heterocycles. The number of carbonyl (C=O) groups excluding carboxylic acids is 2. The molecule has 1 aliphatic rings. The molecule has 3 rings (SSSR count). The molecule has 1 N–H and O–H groups in total. The fourth-order valence-corrected chi connectivity index (χ4v) is 4.06. The van der Waals surface area contributed by atoms with Gasteiger partial charge in [-0.15, -0.1) is 0 Å². The molecular formula is C21H22Cl2N2O3. The van der Waals surface area contributed by atoms with Crippen LogP contribution in [0.25, 0.3) is 0 Å². The first-order chi connectivity index (χ1) is 13.4. The molecule has 2 atom stereocenters. The molecule has 0 aliphatic carbocycles. The Hall–Kier alpha value is -2.24. The zero-order valence-corrected chi connectivity index (χ0v) is 17.3. The molecule has 0 radical (unpaired) electrons. The number of halogens is 2. The van der Waals surface area contributed by atoms with E-state index in [9.17, 15) is 9.59 Å². The van der Waals surface area contributed by atoms with E-state index in [2.05, 4.69) is 5.32 Å². The van der Waals surface area contributed by atoms with Gasteiger partial charge in [0.05, 0.1) is 13.2 Å². The lowest BCUT2D eigenvalue weighted by atomic mass is 10.1. The van der Waals surface area contributed by atoms with Gasteiger partial charge in [0.1, 0.15) is 11.8 Å². The average Bonchev–Trinajstić information content (AvgIpc) is 3.16. The van der Waals surface area contributed by atoms with E-state index < -0.39 is 6.04 Å². The summed E-state index contributed by atoms with van der Waals surface area (Å²) in [5, 5.41) is 3.79. The molecule has 0 aromatic heterocycles. The second-order valence-electron chi connectivity index (χ2n) is 6.79. The summed E-state index contributed by atoms with van der Waals surface area (Å²) in [6.45, 7) is 2.41. The third-order valence-electron chi connectivity index (χ3n) is 4.89. The topological polar surface area (TPSA) is 58.6 Å². The maximum Gasteiger partial charge on any atom is 0.254 e. The van der Waals surface area contributed by atoms with Crippen molar-refractivity contribution >= 4 is 35.0 Å². The summed E-state index contributed by atoms with van der Waals surface area (Å²) in [4.78, 5) is 27.4. The molecule has 0 spiro atoms. The van der Waals surface area contributed by atoms with Crippen molar-refractivity contribution in [3.05, 3.63) is 63.6 Å². The molecule has 1 saturated heterocycles. The molecule has 28 heavy (non-hydrogen) atoms. The van der Waals surface area contributed by atoms with Gasteiger partial charge in [-0.1, -0.05) is 41.4 Å². The van der Waals surface area contributed by atoms with Crippen molar-refractivity contribution < 1.29 is 14.3 Å². The highest BCUT2D eigenvalue weighted by atomic mass is 35.5. The molecular weight excluding hydrogens is 399 g/mol. The fourth-order valence-electron chi connectivity index (χ4n) is 3.54. The fraction of sp³-hybridized carbons (Fsp3) is 0.333. The number of likely N-dealkylation sites (tertiary alicyclic amines) is 1. The van der Waals surface area contributed by atoms with Gasteiger partial charge in [-0.25, -0.2) is 0 Å². The number of ether oxygens (including phenoxy) is 1. The van der Waals surface area contributed by atoms with Crippen LogP contribution in [0.2, 0.25) is 10.0 Å². The van der Waals surface area contributed by atoms with Gasteiger partial charge in [0.2, 0.25) is 5.91 Å². The Morgan fingerprint density at radius 3 is 2.54 bits per heavy atom. The van der Waals surface area contributed by atoms with Crippen LogP contribution < -0.4 is 10.1 Å². The molecule has 0 unspecified atom stereocenters. The summed E-state index contributed by atoms with van der Waals surface area (Å²) in [6.07, 6.45) is 1.38. The number of nitrogens with zero attached hydrogens (tertiary/aromatic N) is 1. The standard InChI is InChI=1S/C21H22Cl2N2O3/c1-13(17-6-3-4-8-19(17)28-2)24-20(26)18-7-5-9-25(18)21(27)14-10-15(22)12-16(23)11-14/h3-4,6,8,10-13,18H,5,7,9H2,1-2H3,(H,24,26)/t13-,18+/m0/s1. The van der Waals surface area contributed by atoms with Gasteiger partial charge in [0, 0.05) is 27.7 Å². The highest BCUT2D eigenvalue weighted by molar-refractivity contribution is 6.35. The number of hydrogen-bond donors (Lipinski definition) is 1. The van der Waals surface area contributed by atoms with Crippen molar-refractivity contribution in [3.8, 4) is 5.75 Å². The van der Waals surface area contributed by atoms with Crippen molar-refractivity contribution in [3.63, 3.8) is 0 Å². The van der Waals surface area contributed by atoms with Crippen LogP contribution in [0.5, 0.6) is 5.75 Å². The maximum atomic E-state index is 12.9. The minimum Gasteiger partial charge on any atom is -0.496 e. The Balaban J connectivity index is 1.74. The van der Waals surface area contributed by atoms with Gasteiger partial charge in [0.25, 0.3) is 5.91 Å². The van der Waals surface area contributed by atoms with E-state index >= 15 is 0 Å². The number of methoxy groups -OCH3 is 1. The second kappa shape index (κ2) is 8.84. The van der Waals surface area contributed by atoms with Crippen LogP contribution in [0.1, 0.15) is 41.7 Å². The first kappa shape index (κ1) is 20.5. The van der Waals surface area contributed by atoms with Crippen LogP contribution in [0, 0.1) is 0 Å². The lowest BCUT2D eigenvalue weighted by Gasteiger charge is -2.26. The summed E-state index contributed by atoms with van der Waals surface area (Å²) < 4.78 is 5.37. The Labute approximate surface area is 174 Å². The van der Waals surface area contributed by atoms with E-state index in [0.717, 1.165) is 12.0 Å². The number of benzene rings is 2. The monoisotopic (exact) mass is 420 g/mol. The van der Waals surface area contributed by atoms with Crippen LogP contribution in [0.15, 0.2) is 42.5 Å². The molecule has 148 valence electrons. The van der Waals surface area contributed by atoms with Crippen LogP contribution in [-0.4, -0.2) is 36.4 Å². The first-order valence-corrected chi connectivity index (χ1v) is 9.86. The SMILES string of the molecule is COc1ccccc1[C@H](C)NC(=O)[C@H]1CCCN1C(=O)c1cc(Cl)cc(Cl)c1. The number of amides is 2. The van der Waals surface area contributed by atoms with Gasteiger partial charge in [-0.3, -0.25) is 9.59 Å². The van der Waals surface area contributed by atoms with Gasteiger partial charge in [-0.2, -0.15) is 0 Å². The molecule has 5 nitrogen and oxygen atoms in total. The lowest BCUT2D eigenvalue weighted by molar-refractivity contribution is -0.125. The van der Waals surface area contributed by atoms with Gasteiger partial charge >= 0.3 is 0 Å². The minimum atomic E-state index is -0.526. The first-order valence-electron chi connectivity index (χ1n) is 9.11. The zero-order chi connectivity index (χ0) is 20.3. The Morgan fingerprint density at radius 2 is 1.86 bits per heavy atom. The van der Waals surface area contributed by atoms with E-state index in [1.54, 1.807) is 30.2 Å². The molecule has 0 saturated carbocycles. The van der Waals surface area contributed by atoms with Crippen molar-refractivity contribution in [2.75, 3.05) is 13.7 Å². The number of para-hydroxylation sites is 1. The Morgan fingerprint density at radius 1 is 1.18 bits per heavy atom. The number of rotatable bonds is 5. The molecule has 2 amide bonds. The average molecular weight is 421 g/mol. The van der Waals surface area contributed by atoms with Gasteiger partial charge < -0.3 is 15.0 Å². The van der Waals surface area contributed by atoms with Crippen LogP contribution in [0.3, 0.4) is 0 Å². The number of hydrogen-bond acceptors (Lipinski definition) is 3. The summed E-state index contributed by atoms with van der Waals surface area (Å²) >= 11 is 12.0. The Kier molecular flexibility index (Phi) is 6.47. The van der Waals surface area contributed by atoms with E-state index in [4.69, 9.17) is 27.9 Å². The summed E-state index contributed by atoms with van der Waals surface area (Å²) in [5.74, 6) is 0.285. The molecule has 2 aromatic rings. The summed E-state index contributed by atoms with van der Waals surface area (Å²) in [5.41, 5.74) is 1.27. The number of carbonyl (C=O) groups is 2. The van der Waals surface area contributed by atoms with Crippen LogP contribution in [0.4, 0.5) is 0 Å². The van der Waals surface area contributed by atoms with E-state index in [-0.39, 0.29) is 17.9 Å². The maximum absolute atomic E-state index is 12.9. The smallest absolute Gasteiger partial charge is 0.254 e. The highest BCUT2D eigenvalue weighted by Crippen LogP contribution is 2.27. The largest absolute Gasteiger partial charge is 0.496 e. The van der Waals surface area contributed by atoms with Crippen molar-refractivity contribution in [2.45, 2.75) is 31.8 Å². The van der Waals surface area contributed by atoms with Crippen LogP contribution in [-0.2, 0) is 4.79 Å². The second-order valence-corrected chi connectivity index (χ2v) is 7.66. The minimum absolute atomic E-state index is 0.183. The third kappa shape index (κ3) is 4.42. The molecule has 1 fully saturated rings. The van der Waals surface area contributed by atoms with Crippen LogP contribution >= 0.6 is 23.2 Å². The predicted molar refractivity (Wildman–Crippen MR) is 110 cm³/mol. The van der Waals surface area contributed by atoms with Gasteiger partial charge in [0.15, 0.2) is 0 Å². The van der Waals surface area contributed by atoms with Crippen molar-refractivity contribution in [1.29, 1.82) is 0 Å². The Bertz CT molecular complexity index is 867. The van der Waals surface area contributed by atoms with Gasteiger partial charge in [-0.05, 0) is 44.0 Å².